The number of hydrogen-bond acceptors (Lipinski definition) is 5. The third-order valence-corrected chi connectivity index (χ3v) is 2.84. The molecule has 3 N–H and O–H groups in total. The van der Waals surface area contributed by atoms with E-state index < -0.39 is 49.4 Å². The van der Waals surface area contributed by atoms with Gasteiger partial charge in [-0.25, -0.2) is 4.79 Å². The van der Waals surface area contributed by atoms with E-state index in [1.165, 1.54) is 6.92 Å². The maximum atomic E-state index is 11.8. The van der Waals surface area contributed by atoms with E-state index in [0.29, 0.717) is 0 Å². The zero-order valence-corrected chi connectivity index (χ0v) is 9.29. The highest BCUT2D eigenvalue weighted by Gasteiger charge is 2.41. The molecule has 3 amide bonds. The van der Waals surface area contributed by atoms with E-state index in [4.69, 9.17) is 12.6 Å². The van der Waals surface area contributed by atoms with Crippen LogP contribution in [-0.2, 0) is 9.53 Å². The molecule has 1 unspecified atom stereocenters. The smallest absolute Gasteiger partial charge is 0.326 e. The van der Waals surface area contributed by atoms with E-state index in [1.54, 1.807) is 0 Å². The van der Waals surface area contributed by atoms with E-state index in [9.17, 15) is 14.7 Å². The molecule has 17 heavy (non-hydrogen) atoms. The molecule has 2 aliphatic rings. The van der Waals surface area contributed by atoms with Crippen molar-refractivity contribution in [3.63, 3.8) is 0 Å². The number of urea groups is 1. The first-order valence-electron chi connectivity index (χ1n) is 6.37. The van der Waals surface area contributed by atoms with Crippen LogP contribution in [0.15, 0.2) is 0 Å². The van der Waals surface area contributed by atoms with Gasteiger partial charge in [-0.05, 0) is 0 Å². The molecule has 0 aromatic rings. The molecule has 2 aliphatic heterocycles. The van der Waals surface area contributed by atoms with Crippen molar-refractivity contribution in [3.05, 3.63) is 0 Å². The number of aliphatic hydroxyl groups is 2. The van der Waals surface area contributed by atoms with Gasteiger partial charge in [0.25, 0.3) is 0 Å². The lowest BCUT2D eigenvalue weighted by Crippen LogP contribution is -2.57. The Morgan fingerprint density at radius 2 is 2.41 bits per heavy atom. The second-order valence-electron chi connectivity index (χ2n) is 4.09. The Morgan fingerprint density at radius 3 is 3.00 bits per heavy atom. The minimum absolute atomic E-state index is 0.0261. The van der Waals surface area contributed by atoms with Crippen molar-refractivity contribution in [2.24, 2.45) is 5.89 Å². The van der Waals surface area contributed by atoms with Crippen molar-refractivity contribution >= 4 is 11.9 Å². The van der Waals surface area contributed by atoms with Crippen LogP contribution in [0.4, 0.5) is 4.79 Å². The zero-order chi connectivity index (χ0) is 14.4. The minimum Gasteiger partial charge on any atom is -0.394 e. The Bertz CT molecular complexity index is 405. The van der Waals surface area contributed by atoms with E-state index >= 15 is 0 Å². The van der Waals surface area contributed by atoms with Gasteiger partial charge in [-0.1, -0.05) is 6.92 Å². The highest BCUT2D eigenvalue weighted by molar-refractivity contribution is 5.97. The monoisotopic (exact) mass is 246 g/mol. The summed E-state index contributed by atoms with van der Waals surface area (Å²) in [6.45, 7) is -0.621. The standard InChI is InChI=1S/C10H16N2O5/c1-5-3-12(10(16)11-9(5)15)8-2-6(14)7(4-13)17-8/h5-8,13-14H,2-4H2,1H3,(H,11,15,16)/t5-,6-,7+,8+/m0/s1/i3D,5D/t3?,5-,6-,7+,8+. The van der Waals surface area contributed by atoms with Crippen LogP contribution in [-0.4, -0.2) is 58.6 Å². The maximum Gasteiger partial charge on any atom is 0.326 e. The van der Waals surface area contributed by atoms with Gasteiger partial charge in [-0.15, -0.1) is 0 Å². The first-order chi connectivity index (χ1) is 8.78. The second kappa shape index (κ2) is 4.59. The van der Waals surface area contributed by atoms with Gasteiger partial charge in [0.2, 0.25) is 5.91 Å². The molecule has 0 aromatic carbocycles. The van der Waals surface area contributed by atoms with Gasteiger partial charge in [0.1, 0.15) is 12.3 Å². The third kappa shape index (κ3) is 2.26. The number of ether oxygens (including phenoxy) is 1. The normalized spacial score (nSPS) is 48.8. The molecule has 0 spiro atoms. The number of carbonyl (C=O) groups excluding carboxylic acids is 2. The largest absolute Gasteiger partial charge is 0.394 e. The molecule has 96 valence electrons. The van der Waals surface area contributed by atoms with E-state index in [0.717, 1.165) is 4.90 Å². The molecule has 2 fully saturated rings. The van der Waals surface area contributed by atoms with Crippen molar-refractivity contribution in [1.29, 1.82) is 0 Å². The first-order valence-corrected chi connectivity index (χ1v) is 5.29. The van der Waals surface area contributed by atoms with Crippen LogP contribution in [0.5, 0.6) is 0 Å². The quantitative estimate of drug-likeness (QED) is 0.559. The van der Waals surface area contributed by atoms with Crippen LogP contribution in [0.3, 0.4) is 0 Å². The van der Waals surface area contributed by atoms with Crippen LogP contribution in [0, 0.1) is 5.89 Å². The summed E-state index contributed by atoms with van der Waals surface area (Å²) in [5.41, 5.74) is 0. The van der Waals surface area contributed by atoms with Crippen LogP contribution in [0.25, 0.3) is 0 Å². The van der Waals surface area contributed by atoms with Gasteiger partial charge < -0.3 is 14.9 Å². The Kier molecular flexibility index (Phi) is 2.65. The zero-order valence-electron chi connectivity index (χ0n) is 11.3. The predicted octanol–water partition coefficient (Wildman–Crippen LogP) is -1.36. The Hall–Kier alpha value is -1.18. The molecule has 0 radical (unpaired) electrons. The molecule has 0 saturated carbocycles. The molecule has 0 aromatic heterocycles. The van der Waals surface area contributed by atoms with Crippen molar-refractivity contribution in [2.75, 3.05) is 13.1 Å². The molecular formula is C10H16N2O5. The fourth-order valence-corrected chi connectivity index (χ4v) is 1.85. The van der Waals surface area contributed by atoms with Crippen LogP contribution in [0.2, 0.25) is 0 Å². The Balaban J connectivity index is 2.20. The van der Waals surface area contributed by atoms with Gasteiger partial charge in [-0.2, -0.15) is 0 Å². The molecule has 0 bridgehead atoms. The summed E-state index contributed by atoms with van der Waals surface area (Å²) in [6, 6.07) is -0.828. The van der Waals surface area contributed by atoms with Crippen LogP contribution in [0.1, 0.15) is 16.1 Å². The van der Waals surface area contributed by atoms with Crippen molar-refractivity contribution in [3.8, 4) is 0 Å². The maximum absolute atomic E-state index is 11.8. The molecule has 0 aliphatic carbocycles. The summed E-state index contributed by atoms with van der Waals surface area (Å²) in [7, 11) is 0. The summed E-state index contributed by atoms with van der Waals surface area (Å²) in [6.07, 6.45) is -2.70. The highest BCUT2D eigenvalue weighted by atomic mass is 16.5. The molecule has 5 atom stereocenters. The summed E-state index contributed by atoms with van der Waals surface area (Å²) in [5.74, 6) is -2.66. The number of amides is 3. The number of carbonyl (C=O) groups is 2. The molecule has 2 rings (SSSR count). The van der Waals surface area contributed by atoms with Crippen molar-refractivity contribution in [1.82, 2.24) is 10.2 Å². The summed E-state index contributed by atoms with van der Waals surface area (Å²) in [5, 5.41) is 20.6. The van der Waals surface area contributed by atoms with E-state index in [-0.39, 0.29) is 6.42 Å². The average molecular weight is 246 g/mol. The molecular weight excluding hydrogens is 228 g/mol. The van der Waals surface area contributed by atoms with Crippen molar-refractivity contribution < 1.29 is 27.3 Å². The minimum atomic E-state index is -1.82. The lowest BCUT2D eigenvalue weighted by atomic mass is 10.1. The average Bonchev–Trinajstić information content (AvgIpc) is 2.68. The third-order valence-electron chi connectivity index (χ3n) is 2.84. The van der Waals surface area contributed by atoms with E-state index in [1.807, 2.05) is 5.32 Å². The van der Waals surface area contributed by atoms with Crippen LogP contribution < -0.4 is 5.32 Å². The van der Waals surface area contributed by atoms with Gasteiger partial charge in [0.05, 0.1) is 20.0 Å². The fourth-order valence-electron chi connectivity index (χ4n) is 1.85. The number of nitrogens with one attached hydrogen (secondary N) is 1. The van der Waals surface area contributed by atoms with Gasteiger partial charge in [0.15, 0.2) is 0 Å². The SMILES string of the molecule is [2H]C1N([C@H]2C[C@H](O)[C@@H](CO)O2)C(=O)NC(=O)[C@@]1([2H])C. The van der Waals surface area contributed by atoms with E-state index in [2.05, 4.69) is 0 Å². The number of rotatable bonds is 2. The Morgan fingerprint density at radius 1 is 1.71 bits per heavy atom. The summed E-state index contributed by atoms with van der Waals surface area (Å²) >= 11 is 0. The number of nitrogens with zero attached hydrogens (tertiary/aromatic N) is 1. The van der Waals surface area contributed by atoms with Gasteiger partial charge >= 0.3 is 6.03 Å². The Labute approximate surface area is 101 Å². The van der Waals surface area contributed by atoms with Gasteiger partial charge in [-0.3, -0.25) is 15.0 Å². The number of aliphatic hydroxyl groups excluding tert-OH is 2. The molecule has 2 saturated heterocycles. The molecule has 7 nitrogen and oxygen atoms in total. The second-order valence-corrected chi connectivity index (χ2v) is 4.09. The lowest BCUT2D eigenvalue weighted by Gasteiger charge is -2.34. The first kappa shape index (κ1) is 9.81. The predicted molar refractivity (Wildman–Crippen MR) is 55.8 cm³/mol. The fraction of sp³-hybridized carbons (Fsp3) is 0.800. The summed E-state index contributed by atoms with van der Waals surface area (Å²) in [4.78, 5) is 24.2. The molecule has 2 heterocycles. The highest BCUT2D eigenvalue weighted by Crippen LogP contribution is 2.25. The van der Waals surface area contributed by atoms with Crippen molar-refractivity contribution in [2.45, 2.75) is 31.8 Å². The number of hydrogen-bond donors (Lipinski definition) is 3. The topological polar surface area (TPSA) is 99.1 Å². The number of imide groups is 1. The summed E-state index contributed by atoms with van der Waals surface area (Å²) < 4.78 is 21.0. The molecule has 7 heteroatoms. The van der Waals surface area contributed by atoms with Crippen LogP contribution >= 0.6 is 0 Å². The lowest BCUT2D eigenvalue weighted by molar-refractivity contribution is -0.128. The van der Waals surface area contributed by atoms with Gasteiger partial charge in [0, 0.05) is 14.3 Å².